The highest BCUT2D eigenvalue weighted by atomic mass is 79.9. The van der Waals surface area contributed by atoms with Crippen molar-refractivity contribution in [1.82, 2.24) is 10.2 Å². The van der Waals surface area contributed by atoms with Crippen molar-refractivity contribution in [2.75, 3.05) is 38.1 Å². The highest BCUT2D eigenvalue weighted by Crippen LogP contribution is 1.92. The Morgan fingerprint density at radius 1 is 1.18 bits per heavy atom. The fourth-order valence-electron chi connectivity index (χ4n) is 1.05. The van der Waals surface area contributed by atoms with Crippen LogP contribution < -0.4 is 39.3 Å². The lowest BCUT2D eigenvalue weighted by Crippen LogP contribution is -3.00. The van der Waals surface area contributed by atoms with Crippen LogP contribution in [-0.2, 0) is 0 Å². The van der Waals surface area contributed by atoms with Crippen molar-refractivity contribution in [2.24, 2.45) is 0 Å². The van der Waals surface area contributed by atoms with Crippen molar-refractivity contribution < 1.29 is 34.0 Å². The Hall–Kier alpha value is 1.36. The normalized spacial score (nSPS) is 18.3. The van der Waals surface area contributed by atoms with Crippen LogP contribution in [0.15, 0.2) is 0 Å². The van der Waals surface area contributed by atoms with Crippen LogP contribution >= 0.6 is 15.9 Å². The highest BCUT2D eigenvalue weighted by molar-refractivity contribution is 9.09. The van der Waals surface area contributed by atoms with E-state index in [2.05, 4.69) is 26.1 Å². The third-order valence-corrected chi connectivity index (χ3v) is 1.96. The third-order valence-electron chi connectivity index (χ3n) is 1.61. The molecule has 0 spiro atoms. The molecule has 1 saturated heterocycles. The summed E-state index contributed by atoms with van der Waals surface area (Å²) < 4.78 is 0. The van der Waals surface area contributed by atoms with Gasteiger partial charge in [0.25, 0.3) is 0 Å². The maximum atomic E-state index is 3.42. The molecule has 0 aliphatic carbocycles. The maximum absolute atomic E-state index is 3.42. The third kappa shape index (κ3) is 6.51. The molecule has 70 valence electrons. The van der Waals surface area contributed by atoms with Crippen LogP contribution in [0.25, 0.3) is 0 Å². The average Bonchev–Trinajstić information content (AvgIpc) is 1.91. The molecule has 5 heteroatoms. The minimum Gasteiger partial charge on any atom is -1.00 e. The first-order chi connectivity index (χ1) is 4.43. The first-order valence-corrected chi connectivity index (χ1v) is 4.54. The molecule has 1 heterocycles. The van der Waals surface area contributed by atoms with Crippen molar-refractivity contribution in [2.45, 2.75) is 0 Å². The lowest BCUT2D eigenvalue weighted by molar-refractivity contribution is -0.00100. The predicted molar refractivity (Wildman–Crippen MR) is 43.1 cm³/mol. The summed E-state index contributed by atoms with van der Waals surface area (Å²) in [5.41, 5.74) is 0. The summed E-state index contributed by atoms with van der Waals surface area (Å²) in [6, 6.07) is 0. The Morgan fingerprint density at radius 2 is 1.73 bits per heavy atom. The molecule has 1 N–H and O–H groups in total. The molecule has 0 aromatic carbocycles. The molecule has 1 aliphatic heterocycles. The van der Waals surface area contributed by atoms with E-state index in [1.807, 2.05) is 0 Å². The number of hydrogen-bond acceptors (Lipinski definition) is 2. The van der Waals surface area contributed by atoms with Crippen LogP contribution in [0, 0.1) is 0 Å². The largest absolute Gasteiger partial charge is 1.00 e. The molecule has 0 atom stereocenters. The van der Waals surface area contributed by atoms with Gasteiger partial charge in [0.1, 0.15) is 0 Å². The summed E-state index contributed by atoms with van der Waals surface area (Å²) in [4.78, 5) is 2.46. The van der Waals surface area contributed by atoms with Gasteiger partial charge in [0, 0.05) is 38.1 Å². The van der Waals surface area contributed by atoms with E-state index in [0.717, 1.165) is 18.4 Å². The summed E-state index contributed by atoms with van der Waals surface area (Å²) in [6.07, 6.45) is 0. The zero-order valence-corrected chi connectivity index (χ0v) is 11.1. The van der Waals surface area contributed by atoms with Crippen LogP contribution in [0.2, 0.25) is 0 Å². The Balaban J connectivity index is 0. The second-order valence-corrected chi connectivity index (χ2v) is 3.07. The van der Waals surface area contributed by atoms with Crippen molar-refractivity contribution in [3.63, 3.8) is 0 Å². The molecule has 0 aromatic heterocycles. The van der Waals surface area contributed by atoms with E-state index < -0.39 is 0 Å². The zero-order valence-electron chi connectivity index (χ0n) is 6.32. The molecule has 0 bridgehead atoms. The van der Waals surface area contributed by atoms with Gasteiger partial charge in [-0.15, -0.1) is 0 Å². The number of nitrogens with one attached hydrogen (secondary N) is 1. The molecule has 0 saturated carbocycles. The molecule has 11 heavy (non-hydrogen) atoms. The lowest BCUT2D eigenvalue weighted by Gasteiger charge is -2.26. The Bertz CT molecular complexity index is 73.5. The topological polar surface area (TPSA) is 15.3 Å². The molecule has 1 fully saturated rings. The van der Waals surface area contributed by atoms with Crippen LogP contribution in [-0.4, -0.2) is 43.0 Å². The Morgan fingerprint density at radius 3 is 2.18 bits per heavy atom. The molecular formula is C6H13Br3N2-2. The zero-order chi connectivity index (χ0) is 6.53. The molecule has 0 radical (unpaired) electrons. The maximum Gasteiger partial charge on any atom is 0.0159 e. The Labute approximate surface area is 97.8 Å². The number of rotatable bonds is 2. The first-order valence-electron chi connectivity index (χ1n) is 3.42. The van der Waals surface area contributed by atoms with Gasteiger partial charge in [-0.25, -0.2) is 0 Å². The Kier molecular flexibility index (Phi) is 12.8. The molecule has 0 unspecified atom stereocenters. The van der Waals surface area contributed by atoms with Crippen LogP contribution in [0.5, 0.6) is 0 Å². The van der Waals surface area contributed by atoms with Crippen molar-refractivity contribution in [3.05, 3.63) is 0 Å². The second kappa shape index (κ2) is 9.45. The van der Waals surface area contributed by atoms with Gasteiger partial charge in [0.2, 0.25) is 0 Å². The number of hydrogen-bond donors (Lipinski definition) is 1. The average molecular weight is 353 g/mol. The van der Waals surface area contributed by atoms with E-state index in [9.17, 15) is 0 Å². The van der Waals surface area contributed by atoms with E-state index in [1.165, 1.54) is 19.6 Å². The summed E-state index contributed by atoms with van der Waals surface area (Å²) >= 11 is 3.42. The highest BCUT2D eigenvalue weighted by Gasteiger charge is 2.06. The number of nitrogens with zero attached hydrogens (tertiary/aromatic N) is 1. The van der Waals surface area contributed by atoms with Crippen molar-refractivity contribution >= 4 is 15.9 Å². The van der Waals surface area contributed by atoms with E-state index >= 15 is 0 Å². The number of alkyl halides is 1. The van der Waals surface area contributed by atoms with Gasteiger partial charge in [0.05, 0.1) is 0 Å². The molecule has 1 aliphatic rings. The van der Waals surface area contributed by atoms with E-state index in [0.29, 0.717) is 0 Å². The fraction of sp³-hybridized carbons (Fsp3) is 1.00. The smallest absolute Gasteiger partial charge is 0.0159 e. The lowest BCUT2D eigenvalue weighted by atomic mass is 10.4. The monoisotopic (exact) mass is 350 g/mol. The van der Waals surface area contributed by atoms with Crippen LogP contribution in [0.4, 0.5) is 0 Å². The minimum absolute atomic E-state index is 0. The molecule has 0 amide bonds. The van der Waals surface area contributed by atoms with Crippen molar-refractivity contribution in [3.8, 4) is 0 Å². The minimum atomic E-state index is 0. The molecule has 2 nitrogen and oxygen atoms in total. The second-order valence-electron chi connectivity index (χ2n) is 2.28. The summed E-state index contributed by atoms with van der Waals surface area (Å²) in [5.74, 6) is 0. The van der Waals surface area contributed by atoms with Gasteiger partial charge in [0.15, 0.2) is 0 Å². The first kappa shape index (κ1) is 14.9. The molecule has 0 aromatic rings. The van der Waals surface area contributed by atoms with Gasteiger partial charge in [-0.1, -0.05) is 15.9 Å². The van der Waals surface area contributed by atoms with Crippen molar-refractivity contribution in [1.29, 1.82) is 0 Å². The van der Waals surface area contributed by atoms with Gasteiger partial charge in [-0.3, -0.25) is 4.90 Å². The quantitative estimate of drug-likeness (QED) is 0.498. The van der Waals surface area contributed by atoms with Gasteiger partial charge < -0.3 is 39.3 Å². The van der Waals surface area contributed by atoms with Crippen LogP contribution in [0.1, 0.15) is 0 Å². The van der Waals surface area contributed by atoms with Gasteiger partial charge in [-0.2, -0.15) is 0 Å². The summed E-state index contributed by atoms with van der Waals surface area (Å²) in [6.45, 7) is 5.94. The van der Waals surface area contributed by atoms with E-state index in [1.54, 1.807) is 0 Å². The summed E-state index contributed by atoms with van der Waals surface area (Å²) in [5, 5.41) is 4.42. The number of piperazine rings is 1. The predicted octanol–water partition coefficient (Wildman–Crippen LogP) is -5.71. The van der Waals surface area contributed by atoms with Crippen LogP contribution in [0.3, 0.4) is 0 Å². The van der Waals surface area contributed by atoms with E-state index in [-0.39, 0.29) is 34.0 Å². The molecule has 1 rings (SSSR count). The SMILES string of the molecule is BrCCN1CCNCC1.[Br-].[Br-]. The number of halogens is 3. The standard InChI is InChI=1S/C6H13BrN2.2BrH/c7-1-4-9-5-2-8-3-6-9;;/h8H,1-6H2;2*1H/p-2. The fourth-order valence-corrected chi connectivity index (χ4v) is 1.56. The summed E-state index contributed by atoms with van der Waals surface area (Å²) in [7, 11) is 0. The van der Waals surface area contributed by atoms with Gasteiger partial charge >= 0.3 is 0 Å². The van der Waals surface area contributed by atoms with E-state index in [4.69, 9.17) is 0 Å². The molecular weight excluding hydrogens is 340 g/mol. The van der Waals surface area contributed by atoms with Gasteiger partial charge in [-0.05, 0) is 0 Å².